The molecule has 2 aromatic rings. The molecule has 0 spiro atoms. The SMILES string of the molecule is Fc1cc(NCc2cc(Br)cs2)ncn1. The summed E-state index contributed by atoms with van der Waals surface area (Å²) in [6.45, 7) is 0.632. The Hall–Kier alpha value is -1.01. The van der Waals surface area contributed by atoms with Crippen molar-refractivity contribution in [3.8, 4) is 0 Å². The Kier molecular flexibility index (Phi) is 3.27. The van der Waals surface area contributed by atoms with E-state index >= 15 is 0 Å². The first-order chi connectivity index (χ1) is 7.24. The lowest BCUT2D eigenvalue weighted by atomic mass is 10.4. The van der Waals surface area contributed by atoms with E-state index in [9.17, 15) is 4.39 Å². The van der Waals surface area contributed by atoms with Gasteiger partial charge in [0.15, 0.2) is 0 Å². The minimum Gasteiger partial charge on any atom is -0.365 e. The van der Waals surface area contributed by atoms with Gasteiger partial charge in [-0.3, -0.25) is 0 Å². The molecule has 0 saturated heterocycles. The third-order valence-electron chi connectivity index (χ3n) is 1.70. The Labute approximate surface area is 98.5 Å². The molecule has 0 aliphatic heterocycles. The molecule has 2 heterocycles. The van der Waals surface area contributed by atoms with Gasteiger partial charge >= 0.3 is 0 Å². The second-order valence-corrected chi connectivity index (χ2v) is 4.72. The summed E-state index contributed by atoms with van der Waals surface area (Å²) in [5, 5.41) is 5.01. The van der Waals surface area contributed by atoms with Gasteiger partial charge in [0.2, 0.25) is 5.95 Å². The van der Waals surface area contributed by atoms with Crippen LogP contribution in [-0.2, 0) is 6.54 Å². The maximum absolute atomic E-state index is 12.7. The Morgan fingerprint density at radius 1 is 1.40 bits per heavy atom. The fourth-order valence-corrected chi connectivity index (χ4v) is 2.45. The van der Waals surface area contributed by atoms with Crippen LogP contribution in [-0.4, -0.2) is 9.97 Å². The van der Waals surface area contributed by atoms with Crippen molar-refractivity contribution in [2.24, 2.45) is 0 Å². The van der Waals surface area contributed by atoms with E-state index < -0.39 is 5.95 Å². The number of rotatable bonds is 3. The van der Waals surface area contributed by atoms with Crippen molar-refractivity contribution in [2.75, 3.05) is 5.32 Å². The molecule has 0 aromatic carbocycles. The van der Waals surface area contributed by atoms with Crippen LogP contribution in [0.3, 0.4) is 0 Å². The van der Waals surface area contributed by atoms with Crippen molar-refractivity contribution in [3.63, 3.8) is 0 Å². The normalized spacial score (nSPS) is 10.3. The van der Waals surface area contributed by atoms with Crippen LogP contribution in [0.25, 0.3) is 0 Å². The van der Waals surface area contributed by atoms with E-state index in [4.69, 9.17) is 0 Å². The van der Waals surface area contributed by atoms with E-state index in [0.717, 1.165) is 9.35 Å². The number of anilines is 1. The second-order valence-electron chi connectivity index (χ2n) is 2.81. The molecule has 15 heavy (non-hydrogen) atoms. The fourth-order valence-electron chi connectivity index (χ4n) is 1.05. The van der Waals surface area contributed by atoms with Crippen LogP contribution >= 0.6 is 27.3 Å². The molecule has 0 saturated carbocycles. The summed E-state index contributed by atoms with van der Waals surface area (Å²) in [7, 11) is 0. The van der Waals surface area contributed by atoms with Crippen molar-refractivity contribution < 1.29 is 4.39 Å². The zero-order valence-corrected chi connectivity index (χ0v) is 9.98. The average molecular weight is 288 g/mol. The maximum atomic E-state index is 12.7. The van der Waals surface area contributed by atoms with Gasteiger partial charge in [0, 0.05) is 20.8 Å². The summed E-state index contributed by atoms with van der Waals surface area (Å²) < 4.78 is 13.8. The molecule has 78 valence electrons. The molecule has 0 aliphatic carbocycles. The maximum Gasteiger partial charge on any atom is 0.217 e. The third-order valence-corrected chi connectivity index (χ3v) is 3.40. The summed E-state index contributed by atoms with van der Waals surface area (Å²) in [6.07, 6.45) is 1.20. The smallest absolute Gasteiger partial charge is 0.217 e. The van der Waals surface area contributed by atoms with E-state index in [1.165, 1.54) is 12.4 Å². The van der Waals surface area contributed by atoms with E-state index in [2.05, 4.69) is 31.2 Å². The number of thiophene rings is 1. The molecular formula is C9H7BrFN3S. The average Bonchev–Trinajstić information content (AvgIpc) is 2.62. The Balaban J connectivity index is 1.99. The predicted molar refractivity (Wildman–Crippen MR) is 61.3 cm³/mol. The summed E-state index contributed by atoms with van der Waals surface area (Å²) in [5.41, 5.74) is 0. The van der Waals surface area contributed by atoms with Gasteiger partial charge in [0.05, 0.1) is 6.54 Å². The molecule has 0 bridgehead atoms. The van der Waals surface area contributed by atoms with Crippen molar-refractivity contribution in [1.82, 2.24) is 9.97 Å². The van der Waals surface area contributed by atoms with E-state index in [1.54, 1.807) is 11.3 Å². The molecule has 6 heteroatoms. The molecule has 1 N–H and O–H groups in total. The van der Waals surface area contributed by atoms with Crippen molar-refractivity contribution in [1.29, 1.82) is 0 Å². The third kappa shape index (κ3) is 2.97. The van der Waals surface area contributed by atoms with Crippen LogP contribution in [0.1, 0.15) is 4.88 Å². The minimum absolute atomic E-state index is 0.493. The quantitative estimate of drug-likeness (QED) is 0.882. The molecule has 0 amide bonds. The molecule has 0 fully saturated rings. The van der Waals surface area contributed by atoms with Gasteiger partial charge in [-0.25, -0.2) is 9.97 Å². The van der Waals surface area contributed by atoms with Crippen LogP contribution < -0.4 is 5.32 Å². The number of hydrogen-bond donors (Lipinski definition) is 1. The molecule has 2 aromatic heterocycles. The van der Waals surface area contributed by atoms with E-state index in [1.807, 2.05) is 11.4 Å². The highest BCUT2D eigenvalue weighted by molar-refractivity contribution is 9.10. The van der Waals surface area contributed by atoms with Crippen molar-refractivity contribution in [3.05, 3.63) is 39.1 Å². The molecule has 3 nitrogen and oxygen atoms in total. The van der Waals surface area contributed by atoms with Crippen LogP contribution in [0.4, 0.5) is 10.2 Å². The minimum atomic E-state index is -0.528. The molecule has 0 aliphatic rings. The highest BCUT2D eigenvalue weighted by atomic mass is 79.9. The highest BCUT2D eigenvalue weighted by Gasteiger charge is 1.99. The topological polar surface area (TPSA) is 37.8 Å². The lowest BCUT2D eigenvalue weighted by Crippen LogP contribution is -2.00. The molecule has 0 radical (unpaired) electrons. The number of hydrogen-bond acceptors (Lipinski definition) is 4. The summed E-state index contributed by atoms with van der Waals surface area (Å²) >= 11 is 4.99. The molecular weight excluding hydrogens is 281 g/mol. The van der Waals surface area contributed by atoms with Crippen LogP contribution in [0.15, 0.2) is 28.3 Å². The van der Waals surface area contributed by atoms with Crippen molar-refractivity contribution >= 4 is 33.1 Å². The first kappa shape index (κ1) is 10.5. The number of halogens is 2. The zero-order valence-electron chi connectivity index (χ0n) is 7.58. The van der Waals surface area contributed by atoms with Gasteiger partial charge in [-0.15, -0.1) is 11.3 Å². The standard InChI is InChI=1S/C9H7BrFN3S/c10-6-1-7(15-4-6)3-12-9-2-8(11)13-5-14-9/h1-2,4-5H,3H2,(H,12,13,14). The van der Waals surface area contributed by atoms with Gasteiger partial charge < -0.3 is 5.32 Å². The first-order valence-electron chi connectivity index (χ1n) is 4.18. The van der Waals surface area contributed by atoms with Gasteiger partial charge in [-0.05, 0) is 22.0 Å². The van der Waals surface area contributed by atoms with Crippen LogP contribution in [0.2, 0.25) is 0 Å². The van der Waals surface area contributed by atoms with E-state index in [0.29, 0.717) is 12.4 Å². The summed E-state index contributed by atoms with van der Waals surface area (Å²) in [6, 6.07) is 3.28. The monoisotopic (exact) mass is 287 g/mol. The largest absolute Gasteiger partial charge is 0.365 e. The Morgan fingerprint density at radius 2 is 2.27 bits per heavy atom. The Bertz CT molecular complexity index is 460. The molecule has 2 rings (SSSR count). The molecule has 0 unspecified atom stereocenters. The lowest BCUT2D eigenvalue weighted by molar-refractivity contribution is 0.580. The lowest BCUT2D eigenvalue weighted by Gasteiger charge is -2.02. The number of aromatic nitrogens is 2. The fraction of sp³-hybridized carbons (Fsp3) is 0.111. The zero-order chi connectivity index (χ0) is 10.7. The van der Waals surface area contributed by atoms with E-state index in [-0.39, 0.29) is 0 Å². The van der Waals surface area contributed by atoms with Gasteiger partial charge in [-0.1, -0.05) is 0 Å². The first-order valence-corrected chi connectivity index (χ1v) is 5.85. The summed E-state index contributed by atoms with van der Waals surface area (Å²) in [5.74, 6) is -0.0353. The van der Waals surface area contributed by atoms with Crippen LogP contribution in [0, 0.1) is 5.95 Å². The molecule has 0 atom stereocenters. The van der Waals surface area contributed by atoms with Gasteiger partial charge in [0.1, 0.15) is 12.1 Å². The highest BCUT2D eigenvalue weighted by Crippen LogP contribution is 2.20. The number of nitrogens with one attached hydrogen (secondary N) is 1. The predicted octanol–water partition coefficient (Wildman–Crippen LogP) is 3.05. The van der Waals surface area contributed by atoms with Crippen LogP contribution in [0.5, 0.6) is 0 Å². The second kappa shape index (κ2) is 4.67. The Morgan fingerprint density at radius 3 is 2.93 bits per heavy atom. The van der Waals surface area contributed by atoms with Crippen molar-refractivity contribution in [2.45, 2.75) is 6.54 Å². The van der Waals surface area contributed by atoms with Gasteiger partial charge in [-0.2, -0.15) is 4.39 Å². The summed E-state index contributed by atoms with van der Waals surface area (Å²) in [4.78, 5) is 8.42. The number of nitrogens with zero attached hydrogens (tertiary/aromatic N) is 2. The van der Waals surface area contributed by atoms with Gasteiger partial charge in [0.25, 0.3) is 0 Å².